The molecule has 0 atom stereocenters. The van der Waals surface area contributed by atoms with Crippen molar-refractivity contribution in [2.75, 3.05) is 0 Å². The smallest absolute Gasteiger partial charge is 0.0181 e. The molecule has 0 saturated heterocycles. The first-order valence-corrected chi connectivity index (χ1v) is 7.77. The molecule has 0 bridgehead atoms. The van der Waals surface area contributed by atoms with Gasteiger partial charge in [0.25, 0.3) is 0 Å². The number of hydrogen-bond acceptors (Lipinski definition) is 0. The Morgan fingerprint density at radius 2 is 1.14 bits per heavy atom. The Labute approximate surface area is 132 Å². The van der Waals surface area contributed by atoms with Crippen LogP contribution in [-0.4, -0.2) is 0 Å². The molecule has 0 saturated carbocycles. The van der Waals surface area contributed by atoms with Crippen molar-refractivity contribution in [3.8, 4) is 11.1 Å². The van der Waals surface area contributed by atoms with Gasteiger partial charge >= 0.3 is 0 Å². The van der Waals surface area contributed by atoms with Crippen molar-refractivity contribution in [1.29, 1.82) is 0 Å². The van der Waals surface area contributed by atoms with E-state index in [4.69, 9.17) is 0 Å². The monoisotopic (exact) mass is 332 g/mol. The van der Waals surface area contributed by atoms with Gasteiger partial charge in [-0.3, -0.25) is 0 Å². The molecule has 1 heteroatoms. The summed E-state index contributed by atoms with van der Waals surface area (Å²) in [5.74, 6) is 0. The molecule has 0 nitrogen and oxygen atoms in total. The van der Waals surface area contributed by atoms with Gasteiger partial charge in [0.1, 0.15) is 0 Å². The van der Waals surface area contributed by atoms with Gasteiger partial charge in [0.05, 0.1) is 0 Å². The topological polar surface area (TPSA) is 0 Å². The number of benzene rings is 4. The fraction of sp³-hybridized carbons (Fsp3) is 0. The van der Waals surface area contributed by atoms with E-state index < -0.39 is 0 Å². The van der Waals surface area contributed by atoms with E-state index in [0.29, 0.717) is 0 Å². The van der Waals surface area contributed by atoms with E-state index in [0.717, 1.165) is 4.47 Å². The molecular weight excluding hydrogens is 320 g/mol. The lowest BCUT2D eigenvalue weighted by Crippen LogP contribution is -1.80. The minimum Gasteiger partial charge on any atom is -0.0622 e. The minimum absolute atomic E-state index is 1.12. The molecule has 4 aromatic rings. The maximum absolute atomic E-state index is 3.54. The van der Waals surface area contributed by atoms with E-state index in [1.165, 1.54) is 32.7 Å². The Morgan fingerprint density at radius 3 is 1.90 bits per heavy atom. The van der Waals surface area contributed by atoms with Crippen molar-refractivity contribution in [2.45, 2.75) is 0 Å². The fourth-order valence-corrected chi connectivity index (χ4v) is 3.16. The van der Waals surface area contributed by atoms with Gasteiger partial charge in [0.15, 0.2) is 0 Å². The first kappa shape index (κ1) is 12.6. The fourth-order valence-electron chi connectivity index (χ4n) is 2.78. The second kappa shape index (κ2) is 5.01. The third-order valence-corrected chi connectivity index (χ3v) is 4.36. The summed E-state index contributed by atoms with van der Waals surface area (Å²) in [7, 11) is 0. The van der Waals surface area contributed by atoms with Gasteiger partial charge in [-0.25, -0.2) is 0 Å². The third kappa shape index (κ3) is 2.34. The van der Waals surface area contributed by atoms with Gasteiger partial charge in [-0.1, -0.05) is 64.5 Å². The van der Waals surface area contributed by atoms with Crippen molar-refractivity contribution in [3.63, 3.8) is 0 Å². The maximum Gasteiger partial charge on any atom is 0.0181 e. The molecule has 0 radical (unpaired) electrons. The first-order valence-electron chi connectivity index (χ1n) is 6.98. The third-order valence-electron chi connectivity index (χ3n) is 3.86. The zero-order valence-electron chi connectivity index (χ0n) is 11.4. The van der Waals surface area contributed by atoms with Crippen LogP contribution in [0.1, 0.15) is 0 Å². The van der Waals surface area contributed by atoms with Gasteiger partial charge < -0.3 is 0 Å². The highest BCUT2D eigenvalue weighted by Crippen LogP contribution is 2.29. The summed E-state index contributed by atoms with van der Waals surface area (Å²) in [6.45, 7) is 0. The number of fused-ring (bicyclic) bond motifs is 2. The molecule has 0 aliphatic rings. The molecule has 21 heavy (non-hydrogen) atoms. The summed E-state index contributed by atoms with van der Waals surface area (Å²) < 4.78 is 1.12. The minimum atomic E-state index is 1.12. The van der Waals surface area contributed by atoms with Crippen LogP contribution in [-0.2, 0) is 0 Å². The molecule has 0 unspecified atom stereocenters. The average Bonchev–Trinajstić information content (AvgIpc) is 2.53. The van der Waals surface area contributed by atoms with Crippen molar-refractivity contribution < 1.29 is 0 Å². The van der Waals surface area contributed by atoms with Crippen LogP contribution < -0.4 is 0 Å². The van der Waals surface area contributed by atoms with E-state index in [1.807, 2.05) is 0 Å². The first-order chi connectivity index (χ1) is 10.3. The number of rotatable bonds is 1. The predicted octanol–water partition coefficient (Wildman–Crippen LogP) is 6.42. The normalized spacial score (nSPS) is 11.1. The predicted molar refractivity (Wildman–Crippen MR) is 94.6 cm³/mol. The van der Waals surface area contributed by atoms with E-state index in [-0.39, 0.29) is 0 Å². The molecule has 0 fully saturated rings. The van der Waals surface area contributed by atoms with Crippen LogP contribution in [0.5, 0.6) is 0 Å². The number of halogens is 1. The van der Waals surface area contributed by atoms with Crippen LogP contribution in [0, 0.1) is 0 Å². The summed E-state index contributed by atoms with van der Waals surface area (Å²) in [4.78, 5) is 0. The lowest BCUT2D eigenvalue weighted by molar-refractivity contribution is 1.65. The second-order valence-corrected chi connectivity index (χ2v) is 6.19. The van der Waals surface area contributed by atoms with Crippen LogP contribution in [0.4, 0.5) is 0 Å². The lowest BCUT2D eigenvalue weighted by Gasteiger charge is -2.06. The second-order valence-electron chi connectivity index (χ2n) is 5.27. The highest BCUT2D eigenvalue weighted by Gasteiger charge is 2.02. The van der Waals surface area contributed by atoms with Crippen LogP contribution in [0.2, 0.25) is 0 Å². The summed E-state index contributed by atoms with van der Waals surface area (Å²) in [6.07, 6.45) is 0. The van der Waals surface area contributed by atoms with Crippen molar-refractivity contribution in [2.24, 2.45) is 0 Å². The Hall–Kier alpha value is -2.12. The van der Waals surface area contributed by atoms with Gasteiger partial charge in [0, 0.05) is 4.47 Å². The Balaban J connectivity index is 1.95. The molecule has 4 rings (SSSR count). The van der Waals surface area contributed by atoms with Crippen molar-refractivity contribution in [3.05, 3.63) is 83.3 Å². The van der Waals surface area contributed by atoms with Crippen molar-refractivity contribution >= 4 is 37.5 Å². The van der Waals surface area contributed by atoms with E-state index >= 15 is 0 Å². The molecule has 0 N–H and O–H groups in total. The quantitative estimate of drug-likeness (QED) is 0.352. The van der Waals surface area contributed by atoms with Gasteiger partial charge in [-0.2, -0.15) is 0 Å². The molecular formula is C20H13Br. The summed E-state index contributed by atoms with van der Waals surface area (Å²) in [6, 6.07) is 28.1. The molecule has 0 amide bonds. The molecule has 0 spiro atoms. The van der Waals surface area contributed by atoms with Crippen LogP contribution in [0.3, 0.4) is 0 Å². The Bertz CT molecular complexity index is 940. The lowest BCUT2D eigenvalue weighted by atomic mass is 9.99. The maximum atomic E-state index is 3.54. The molecule has 0 aliphatic heterocycles. The molecule has 0 aliphatic carbocycles. The Kier molecular flexibility index (Phi) is 3.01. The summed E-state index contributed by atoms with van der Waals surface area (Å²) in [5, 5.41) is 5.10. The van der Waals surface area contributed by atoms with Gasteiger partial charge in [-0.05, 0) is 63.0 Å². The molecule has 0 aromatic heterocycles. The Morgan fingerprint density at radius 1 is 0.476 bits per heavy atom. The highest BCUT2D eigenvalue weighted by molar-refractivity contribution is 9.10. The average molecular weight is 333 g/mol. The van der Waals surface area contributed by atoms with Crippen molar-refractivity contribution in [1.82, 2.24) is 0 Å². The van der Waals surface area contributed by atoms with E-state index in [9.17, 15) is 0 Å². The molecule has 100 valence electrons. The van der Waals surface area contributed by atoms with E-state index in [1.54, 1.807) is 0 Å². The summed E-state index contributed by atoms with van der Waals surface area (Å²) in [5.41, 5.74) is 2.52. The van der Waals surface area contributed by atoms with E-state index in [2.05, 4.69) is 94.8 Å². The SMILES string of the molecule is Brc1ccc2cc3cc(-c4ccccc4)ccc3cc2c1. The largest absolute Gasteiger partial charge is 0.0622 e. The van der Waals surface area contributed by atoms with Gasteiger partial charge in [-0.15, -0.1) is 0 Å². The standard InChI is InChI=1S/C20H13Br/c21-20-9-8-17-11-18-10-15(14-4-2-1-3-5-14)6-7-16(18)12-19(17)13-20/h1-13H. The van der Waals surface area contributed by atoms with Gasteiger partial charge in [0.2, 0.25) is 0 Å². The number of hydrogen-bond donors (Lipinski definition) is 0. The van der Waals surface area contributed by atoms with Crippen LogP contribution in [0.15, 0.2) is 83.3 Å². The highest BCUT2D eigenvalue weighted by atomic mass is 79.9. The molecule has 0 heterocycles. The molecule has 4 aromatic carbocycles. The zero-order valence-corrected chi connectivity index (χ0v) is 13.0. The van der Waals surface area contributed by atoms with Crippen LogP contribution >= 0.6 is 15.9 Å². The summed E-state index contributed by atoms with van der Waals surface area (Å²) >= 11 is 3.54. The van der Waals surface area contributed by atoms with Crippen LogP contribution in [0.25, 0.3) is 32.7 Å². The zero-order chi connectivity index (χ0) is 14.2.